The monoisotopic (exact) mass is 268 g/mol. The van der Waals surface area contributed by atoms with Gasteiger partial charge in [0.05, 0.1) is 4.88 Å². The molecule has 0 spiro atoms. The highest BCUT2D eigenvalue weighted by atomic mass is 35.5. The summed E-state index contributed by atoms with van der Waals surface area (Å²) >= 11 is 7.02. The first-order chi connectivity index (χ1) is 7.99. The SMILES string of the molecule is Cc1cc(Cl)ccc1-c1sc(N)nc1C(=O)O. The molecule has 0 bridgehead atoms. The number of anilines is 1. The summed E-state index contributed by atoms with van der Waals surface area (Å²) in [5.74, 6) is -1.08. The molecule has 2 rings (SSSR count). The van der Waals surface area contributed by atoms with Crippen LogP contribution in [0.25, 0.3) is 10.4 Å². The van der Waals surface area contributed by atoms with Gasteiger partial charge in [-0.2, -0.15) is 0 Å². The number of nitrogens with zero attached hydrogens (tertiary/aromatic N) is 1. The Bertz CT molecular complexity index is 595. The van der Waals surface area contributed by atoms with Crippen molar-refractivity contribution in [1.29, 1.82) is 0 Å². The molecule has 4 nitrogen and oxygen atoms in total. The van der Waals surface area contributed by atoms with E-state index in [1.54, 1.807) is 18.2 Å². The first kappa shape index (κ1) is 11.9. The van der Waals surface area contributed by atoms with Crippen molar-refractivity contribution in [2.24, 2.45) is 0 Å². The Morgan fingerprint density at radius 2 is 2.24 bits per heavy atom. The number of nitrogens with two attached hydrogens (primary N) is 1. The van der Waals surface area contributed by atoms with Gasteiger partial charge in [-0.25, -0.2) is 9.78 Å². The number of rotatable bonds is 2. The van der Waals surface area contributed by atoms with Gasteiger partial charge in [-0.1, -0.05) is 29.0 Å². The van der Waals surface area contributed by atoms with E-state index in [0.29, 0.717) is 9.90 Å². The predicted octanol–water partition coefficient (Wildman–Crippen LogP) is 3.05. The number of carbonyl (C=O) groups is 1. The maximum Gasteiger partial charge on any atom is 0.356 e. The topological polar surface area (TPSA) is 76.2 Å². The number of nitrogen functional groups attached to an aromatic ring is 1. The van der Waals surface area contributed by atoms with E-state index >= 15 is 0 Å². The van der Waals surface area contributed by atoms with E-state index in [0.717, 1.165) is 22.5 Å². The quantitative estimate of drug-likeness (QED) is 0.878. The van der Waals surface area contributed by atoms with Crippen LogP contribution in [-0.2, 0) is 0 Å². The molecule has 3 N–H and O–H groups in total. The molecule has 88 valence electrons. The summed E-state index contributed by atoms with van der Waals surface area (Å²) < 4.78 is 0. The molecular formula is C11H9ClN2O2S. The molecule has 0 unspecified atom stereocenters. The fraction of sp³-hybridized carbons (Fsp3) is 0.0909. The second kappa shape index (κ2) is 4.35. The standard InChI is InChI=1S/C11H9ClN2O2S/c1-5-4-6(12)2-3-7(5)9-8(10(15)16)14-11(13)17-9/h2-4H,1H3,(H2,13,14)(H,15,16). The minimum absolute atomic E-state index is 0.0158. The highest BCUT2D eigenvalue weighted by Gasteiger charge is 2.18. The Morgan fingerprint density at radius 1 is 1.53 bits per heavy atom. The molecule has 0 aliphatic rings. The van der Waals surface area contributed by atoms with Crippen molar-refractivity contribution in [3.05, 3.63) is 34.5 Å². The first-order valence-electron chi connectivity index (χ1n) is 4.75. The summed E-state index contributed by atoms with van der Waals surface area (Å²) in [7, 11) is 0. The number of thiazole rings is 1. The average molecular weight is 269 g/mol. The lowest BCUT2D eigenvalue weighted by Gasteiger charge is -2.04. The second-order valence-corrected chi connectivity index (χ2v) is 4.96. The van der Waals surface area contributed by atoms with Crippen molar-refractivity contribution in [2.75, 3.05) is 5.73 Å². The minimum Gasteiger partial charge on any atom is -0.476 e. The van der Waals surface area contributed by atoms with Crippen molar-refractivity contribution in [1.82, 2.24) is 4.98 Å². The molecule has 0 radical (unpaired) electrons. The summed E-state index contributed by atoms with van der Waals surface area (Å²) in [4.78, 5) is 15.4. The molecule has 0 saturated carbocycles. The summed E-state index contributed by atoms with van der Waals surface area (Å²) in [5.41, 5.74) is 7.22. The second-order valence-electron chi connectivity index (χ2n) is 3.49. The summed E-state index contributed by atoms with van der Waals surface area (Å²) in [6.45, 7) is 1.86. The molecule has 0 fully saturated rings. The van der Waals surface area contributed by atoms with Crippen LogP contribution in [0.15, 0.2) is 18.2 Å². The van der Waals surface area contributed by atoms with E-state index < -0.39 is 5.97 Å². The Morgan fingerprint density at radius 3 is 2.82 bits per heavy atom. The third-order valence-corrected chi connectivity index (χ3v) is 3.43. The van der Waals surface area contributed by atoms with E-state index in [1.165, 1.54) is 0 Å². The molecule has 1 aromatic carbocycles. The van der Waals surface area contributed by atoms with Crippen molar-refractivity contribution < 1.29 is 9.90 Å². The smallest absolute Gasteiger partial charge is 0.356 e. The number of carboxylic acid groups (broad SMARTS) is 1. The van der Waals surface area contributed by atoms with Gasteiger partial charge in [0.1, 0.15) is 0 Å². The van der Waals surface area contributed by atoms with E-state index in [-0.39, 0.29) is 10.8 Å². The van der Waals surface area contributed by atoms with Crippen LogP contribution in [-0.4, -0.2) is 16.1 Å². The highest BCUT2D eigenvalue weighted by molar-refractivity contribution is 7.19. The Kier molecular flexibility index (Phi) is 3.04. The van der Waals surface area contributed by atoms with Gasteiger partial charge < -0.3 is 10.8 Å². The number of halogens is 1. The van der Waals surface area contributed by atoms with Crippen LogP contribution in [0, 0.1) is 6.92 Å². The molecule has 2 aromatic rings. The average Bonchev–Trinajstić information content (AvgIpc) is 2.60. The van der Waals surface area contributed by atoms with Gasteiger partial charge in [-0.05, 0) is 30.2 Å². The van der Waals surface area contributed by atoms with Crippen LogP contribution < -0.4 is 5.73 Å². The molecule has 1 aromatic heterocycles. The minimum atomic E-state index is -1.08. The third kappa shape index (κ3) is 2.25. The van der Waals surface area contributed by atoms with Gasteiger partial charge in [0.15, 0.2) is 10.8 Å². The molecule has 0 aliphatic heterocycles. The molecule has 0 atom stereocenters. The zero-order chi connectivity index (χ0) is 12.6. The van der Waals surface area contributed by atoms with E-state index in [4.69, 9.17) is 22.4 Å². The van der Waals surface area contributed by atoms with Gasteiger partial charge in [0.2, 0.25) is 0 Å². The first-order valence-corrected chi connectivity index (χ1v) is 5.94. The van der Waals surface area contributed by atoms with Gasteiger partial charge in [0.25, 0.3) is 0 Å². The fourth-order valence-electron chi connectivity index (χ4n) is 1.55. The zero-order valence-electron chi connectivity index (χ0n) is 8.90. The zero-order valence-corrected chi connectivity index (χ0v) is 10.5. The highest BCUT2D eigenvalue weighted by Crippen LogP contribution is 2.34. The lowest BCUT2D eigenvalue weighted by molar-refractivity contribution is 0.0692. The van der Waals surface area contributed by atoms with Crippen molar-refractivity contribution in [3.63, 3.8) is 0 Å². The van der Waals surface area contributed by atoms with E-state index in [1.807, 2.05) is 6.92 Å². The molecule has 17 heavy (non-hydrogen) atoms. The maximum atomic E-state index is 11.0. The summed E-state index contributed by atoms with van der Waals surface area (Å²) in [6.07, 6.45) is 0. The molecule has 0 saturated heterocycles. The summed E-state index contributed by atoms with van der Waals surface area (Å²) in [6, 6.07) is 5.26. The number of aromatic nitrogens is 1. The maximum absolute atomic E-state index is 11.0. The number of aromatic carboxylic acids is 1. The van der Waals surface area contributed by atoms with Crippen molar-refractivity contribution in [2.45, 2.75) is 6.92 Å². The lowest BCUT2D eigenvalue weighted by atomic mass is 10.1. The van der Waals surface area contributed by atoms with Gasteiger partial charge >= 0.3 is 5.97 Å². The van der Waals surface area contributed by atoms with Gasteiger partial charge in [-0.15, -0.1) is 0 Å². The van der Waals surface area contributed by atoms with Gasteiger partial charge in [-0.3, -0.25) is 0 Å². The fourth-order valence-corrected chi connectivity index (χ4v) is 2.69. The number of aryl methyl sites for hydroxylation is 1. The lowest BCUT2D eigenvalue weighted by Crippen LogP contribution is -1.99. The molecule has 1 heterocycles. The predicted molar refractivity (Wildman–Crippen MR) is 68.7 cm³/mol. The van der Waals surface area contributed by atoms with Crippen LogP contribution in [0.4, 0.5) is 5.13 Å². The Hall–Kier alpha value is -1.59. The number of hydrogen-bond donors (Lipinski definition) is 2. The normalized spacial score (nSPS) is 10.5. The van der Waals surface area contributed by atoms with Crippen molar-refractivity contribution >= 4 is 34.0 Å². The number of hydrogen-bond acceptors (Lipinski definition) is 4. The van der Waals surface area contributed by atoms with Crippen LogP contribution in [0.3, 0.4) is 0 Å². The van der Waals surface area contributed by atoms with E-state index in [2.05, 4.69) is 4.98 Å². The van der Waals surface area contributed by atoms with Gasteiger partial charge in [0, 0.05) is 5.02 Å². The Labute approximate surface area is 107 Å². The van der Waals surface area contributed by atoms with Crippen molar-refractivity contribution in [3.8, 4) is 10.4 Å². The summed E-state index contributed by atoms with van der Waals surface area (Å²) in [5, 5.41) is 9.90. The third-order valence-electron chi connectivity index (χ3n) is 2.28. The molecule has 6 heteroatoms. The molecular weight excluding hydrogens is 260 g/mol. The van der Waals surface area contributed by atoms with Crippen LogP contribution in [0.5, 0.6) is 0 Å². The van der Waals surface area contributed by atoms with E-state index in [9.17, 15) is 4.79 Å². The number of carboxylic acids is 1. The molecule has 0 aliphatic carbocycles. The largest absolute Gasteiger partial charge is 0.476 e. The Balaban J connectivity index is 2.63. The number of benzene rings is 1. The van der Waals surface area contributed by atoms with Crippen LogP contribution >= 0.6 is 22.9 Å². The van der Waals surface area contributed by atoms with Crippen LogP contribution in [0.2, 0.25) is 5.02 Å². The molecule has 0 amide bonds. The van der Waals surface area contributed by atoms with Crippen LogP contribution in [0.1, 0.15) is 16.1 Å².